The van der Waals surface area contributed by atoms with Gasteiger partial charge in [0.1, 0.15) is 0 Å². The molecule has 0 aliphatic heterocycles. The lowest BCUT2D eigenvalue weighted by Crippen LogP contribution is -2.30. The first kappa shape index (κ1) is 10.4. The van der Waals surface area contributed by atoms with E-state index in [1.807, 2.05) is 0 Å². The molecule has 74 valence electrons. The van der Waals surface area contributed by atoms with Gasteiger partial charge in [0.15, 0.2) is 0 Å². The molecule has 1 atom stereocenters. The van der Waals surface area contributed by atoms with Crippen LogP contribution in [0.2, 0.25) is 0 Å². The third-order valence-electron chi connectivity index (χ3n) is 2.11. The number of hydrogen-bond acceptors (Lipinski definition) is 3. The Bertz CT molecular complexity index is 372. The first-order chi connectivity index (χ1) is 6.49. The van der Waals surface area contributed by atoms with Gasteiger partial charge in [-0.3, -0.25) is 10.1 Å². The Balaban J connectivity index is 3.33. The zero-order valence-electron chi connectivity index (χ0n) is 7.93. The van der Waals surface area contributed by atoms with Crippen LogP contribution in [0.1, 0.15) is 12.5 Å². The van der Waals surface area contributed by atoms with Gasteiger partial charge >= 0.3 is 0 Å². The van der Waals surface area contributed by atoms with E-state index >= 15 is 0 Å². The van der Waals surface area contributed by atoms with E-state index in [1.165, 1.54) is 12.1 Å². The standard InChI is InChI=1S/C10H12N2O2/c1-3-10(2,11)8-6-4-5-7-9(8)12(13)14/h3-7H,1,11H2,2H3. The van der Waals surface area contributed by atoms with Crippen LogP contribution in [-0.4, -0.2) is 4.92 Å². The highest BCUT2D eigenvalue weighted by Crippen LogP contribution is 2.27. The average molecular weight is 192 g/mol. The lowest BCUT2D eigenvalue weighted by Gasteiger charge is -2.19. The predicted octanol–water partition coefficient (Wildman–Crippen LogP) is 1.95. The van der Waals surface area contributed by atoms with Gasteiger partial charge in [0.05, 0.1) is 16.0 Å². The Kier molecular flexibility index (Phi) is 2.67. The number of hydrogen-bond donors (Lipinski definition) is 1. The summed E-state index contributed by atoms with van der Waals surface area (Å²) in [7, 11) is 0. The lowest BCUT2D eigenvalue weighted by molar-refractivity contribution is -0.385. The third kappa shape index (κ3) is 1.80. The maximum Gasteiger partial charge on any atom is 0.274 e. The average Bonchev–Trinajstić information content (AvgIpc) is 2.18. The minimum absolute atomic E-state index is 0.0254. The maximum atomic E-state index is 10.7. The second kappa shape index (κ2) is 3.59. The molecule has 0 saturated heterocycles. The summed E-state index contributed by atoms with van der Waals surface area (Å²) in [6, 6.07) is 6.40. The van der Waals surface area contributed by atoms with Gasteiger partial charge in [-0.25, -0.2) is 0 Å². The fourth-order valence-electron chi connectivity index (χ4n) is 1.20. The second-order valence-corrected chi connectivity index (χ2v) is 3.26. The van der Waals surface area contributed by atoms with Crippen molar-refractivity contribution >= 4 is 5.69 Å². The van der Waals surface area contributed by atoms with Crippen molar-refractivity contribution in [2.75, 3.05) is 0 Å². The molecule has 0 spiro atoms. The Morgan fingerprint density at radius 2 is 2.14 bits per heavy atom. The topological polar surface area (TPSA) is 69.2 Å². The van der Waals surface area contributed by atoms with Gasteiger partial charge in [0, 0.05) is 6.07 Å². The van der Waals surface area contributed by atoms with Crippen LogP contribution in [0.15, 0.2) is 36.9 Å². The lowest BCUT2D eigenvalue weighted by atomic mass is 9.92. The summed E-state index contributed by atoms with van der Waals surface area (Å²) in [6.45, 7) is 5.24. The molecule has 14 heavy (non-hydrogen) atoms. The van der Waals surface area contributed by atoms with Gasteiger partial charge < -0.3 is 5.73 Å². The van der Waals surface area contributed by atoms with Crippen LogP contribution in [0.25, 0.3) is 0 Å². The van der Waals surface area contributed by atoms with Crippen molar-refractivity contribution in [2.45, 2.75) is 12.5 Å². The van der Waals surface area contributed by atoms with Gasteiger partial charge in [0.25, 0.3) is 5.69 Å². The molecule has 2 N–H and O–H groups in total. The minimum atomic E-state index is -0.871. The van der Waals surface area contributed by atoms with Crippen molar-refractivity contribution in [3.63, 3.8) is 0 Å². The quantitative estimate of drug-likeness (QED) is 0.452. The van der Waals surface area contributed by atoms with Crippen LogP contribution < -0.4 is 5.73 Å². The zero-order valence-corrected chi connectivity index (χ0v) is 7.93. The fraction of sp³-hybridized carbons (Fsp3) is 0.200. The molecule has 0 bridgehead atoms. The molecule has 0 aliphatic carbocycles. The summed E-state index contributed by atoms with van der Waals surface area (Å²) in [5, 5.41) is 10.7. The van der Waals surface area contributed by atoms with Crippen molar-refractivity contribution < 1.29 is 4.92 Å². The number of nitro groups is 1. The van der Waals surface area contributed by atoms with Crippen molar-refractivity contribution in [3.8, 4) is 0 Å². The molecular formula is C10H12N2O2. The summed E-state index contributed by atoms with van der Waals surface area (Å²) in [4.78, 5) is 10.3. The van der Waals surface area contributed by atoms with Crippen LogP contribution in [0.3, 0.4) is 0 Å². The molecule has 0 fully saturated rings. The summed E-state index contributed by atoms with van der Waals surface area (Å²) >= 11 is 0. The van der Waals surface area contributed by atoms with Gasteiger partial charge in [-0.05, 0) is 13.0 Å². The van der Waals surface area contributed by atoms with Gasteiger partial charge in [-0.1, -0.05) is 18.2 Å². The monoisotopic (exact) mass is 192 g/mol. The van der Waals surface area contributed by atoms with Crippen molar-refractivity contribution in [1.29, 1.82) is 0 Å². The molecule has 0 saturated carbocycles. The Morgan fingerprint density at radius 3 is 2.64 bits per heavy atom. The van der Waals surface area contributed by atoms with Gasteiger partial charge in [-0.2, -0.15) is 0 Å². The Labute approximate surface area is 82.2 Å². The van der Waals surface area contributed by atoms with E-state index in [9.17, 15) is 10.1 Å². The van der Waals surface area contributed by atoms with E-state index in [4.69, 9.17) is 5.73 Å². The molecule has 0 radical (unpaired) electrons. The number of rotatable bonds is 3. The molecule has 1 unspecified atom stereocenters. The van der Waals surface area contributed by atoms with Gasteiger partial charge in [0.2, 0.25) is 0 Å². The molecule has 4 nitrogen and oxygen atoms in total. The summed E-state index contributed by atoms with van der Waals surface area (Å²) in [6.07, 6.45) is 1.50. The van der Waals surface area contributed by atoms with E-state index in [-0.39, 0.29) is 5.69 Å². The van der Waals surface area contributed by atoms with E-state index in [2.05, 4.69) is 6.58 Å². The minimum Gasteiger partial charge on any atom is -0.318 e. The van der Waals surface area contributed by atoms with Crippen LogP contribution in [0, 0.1) is 10.1 Å². The van der Waals surface area contributed by atoms with Crippen molar-refractivity contribution in [3.05, 3.63) is 52.6 Å². The van der Waals surface area contributed by atoms with E-state index in [0.717, 1.165) is 0 Å². The molecule has 0 aromatic heterocycles. The molecule has 0 heterocycles. The molecule has 1 aromatic carbocycles. The normalized spacial score (nSPS) is 14.4. The molecule has 4 heteroatoms. The first-order valence-electron chi connectivity index (χ1n) is 4.15. The molecular weight excluding hydrogens is 180 g/mol. The van der Waals surface area contributed by atoms with Gasteiger partial charge in [-0.15, -0.1) is 6.58 Å². The van der Waals surface area contributed by atoms with E-state index < -0.39 is 10.5 Å². The van der Waals surface area contributed by atoms with Crippen LogP contribution in [-0.2, 0) is 5.54 Å². The highest BCUT2D eigenvalue weighted by molar-refractivity contribution is 5.46. The largest absolute Gasteiger partial charge is 0.318 e. The summed E-state index contributed by atoms with van der Waals surface area (Å²) < 4.78 is 0. The smallest absolute Gasteiger partial charge is 0.274 e. The predicted molar refractivity (Wildman–Crippen MR) is 54.8 cm³/mol. The highest BCUT2D eigenvalue weighted by atomic mass is 16.6. The Hall–Kier alpha value is -1.68. The maximum absolute atomic E-state index is 10.7. The SMILES string of the molecule is C=CC(C)(N)c1ccccc1[N+](=O)[O-]. The molecule has 0 amide bonds. The van der Waals surface area contributed by atoms with E-state index in [1.54, 1.807) is 25.1 Å². The highest BCUT2D eigenvalue weighted by Gasteiger charge is 2.25. The van der Waals surface area contributed by atoms with E-state index in [0.29, 0.717) is 5.56 Å². The number of nitro benzene ring substituents is 1. The second-order valence-electron chi connectivity index (χ2n) is 3.26. The van der Waals surface area contributed by atoms with Crippen LogP contribution in [0.5, 0.6) is 0 Å². The molecule has 1 rings (SSSR count). The number of para-hydroxylation sites is 1. The first-order valence-corrected chi connectivity index (χ1v) is 4.15. The molecule has 1 aromatic rings. The molecule has 0 aliphatic rings. The zero-order chi connectivity index (χ0) is 10.8. The summed E-state index contributed by atoms with van der Waals surface area (Å²) in [5.41, 5.74) is 5.48. The number of nitrogens with two attached hydrogens (primary N) is 1. The fourth-order valence-corrected chi connectivity index (χ4v) is 1.20. The number of nitrogens with zero attached hydrogens (tertiary/aromatic N) is 1. The third-order valence-corrected chi connectivity index (χ3v) is 2.11. The Morgan fingerprint density at radius 1 is 1.57 bits per heavy atom. The van der Waals surface area contributed by atoms with Crippen LogP contribution >= 0.6 is 0 Å². The van der Waals surface area contributed by atoms with Crippen LogP contribution in [0.4, 0.5) is 5.69 Å². The number of benzene rings is 1. The summed E-state index contributed by atoms with van der Waals surface area (Å²) in [5.74, 6) is 0. The van der Waals surface area contributed by atoms with Crippen molar-refractivity contribution in [1.82, 2.24) is 0 Å². The van der Waals surface area contributed by atoms with Crippen molar-refractivity contribution in [2.24, 2.45) is 5.73 Å².